The Kier molecular flexibility index (Phi) is 8.60. The van der Waals surface area contributed by atoms with Crippen molar-refractivity contribution in [3.05, 3.63) is 136 Å². The zero-order valence-corrected chi connectivity index (χ0v) is 22.8. The van der Waals surface area contributed by atoms with Crippen molar-refractivity contribution in [3.8, 4) is 5.75 Å². The van der Waals surface area contributed by atoms with Crippen LogP contribution in [0.5, 0.6) is 5.75 Å². The van der Waals surface area contributed by atoms with Crippen molar-refractivity contribution in [2.24, 2.45) is 5.92 Å². The molecule has 41 heavy (non-hydrogen) atoms. The summed E-state index contributed by atoms with van der Waals surface area (Å²) in [4.78, 5) is 25.3. The second kappa shape index (κ2) is 12.7. The van der Waals surface area contributed by atoms with E-state index in [-0.39, 0.29) is 24.8 Å². The van der Waals surface area contributed by atoms with E-state index in [2.05, 4.69) is 5.32 Å². The van der Waals surface area contributed by atoms with Crippen molar-refractivity contribution in [2.75, 3.05) is 12.4 Å². The van der Waals surface area contributed by atoms with Crippen molar-refractivity contribution in [3.63, 3.8) is 0 Å². The van der Waals surface area contributed by atoms with E-state index < -0.39 is 22.5 Å². The molecule has 0 aromatic heterocycles. The van der Waals surface area contributed by atoms with Crippen LogP contribution in [0.15, 0.2) is 109 Å². The van der Waals surface area contributed by atoms with E-state index in [1.165, 1.54) is 12.1 Å². The lowest BCUT2D eigenvalue weighted by Crippen LogP contribution is -2.52. The largest absolute Gasteiger partial charge is 0.497 e. The van der Waals surface area contributed by atoms with Crippen molar-refractivity contribution >= 4 is 17.3 Å². The minimum atomic E-state index is -1.42. The molecule has 4 aromatic rings. The van der Waals surface area contributed by atoms with Crippen LogP contribution in [0.2, 0.25) is 0 Å². The summed E-state index contributed by atoms with van der Waals surface area (Å²) < 4.78 is 18.0. The van der Waals surface area contributed by atoms with Gasteiger partial charge in [-0.25, -0.2) is 4.79 Å². The van der Waals surface area contributed by atoms with Crippen LogP contribution >= 0.6 is 0 Å². The molecule has 210 valence electrons. The first kappa shape index (κ1) is 27.9. The van der Waals surface area contributed by atoms with E-state index in [1.807, 2.05) is 84.9 Å². The van der Waals surface area contributed by atoms with Gasteiger partial charge < -0.3 is 19.5 Å². The third-order valence-corrected chi connectivity index (χ3v) is 7.30. The molecule has 1 saturated carbocycles. The molecule has 5 rings (SSSR count). The molecule has 0 radical (unpaired) electrons. The SMILES string of the molecule is COc1ccc(N[C@@H](c2ccc([N+](=O)[O-])cc2)[C@@](OCc2ccccc2)(C(=O)OCc2ccccc2)C2CC2)cc1. The molecule has 8 nitrogen and oxygen atoms in total. The molecule has 0 unspecified atom stereocenters. The third kappa shape index (κ3) is 6.56. The summed E-state index contributed by atoms with van der Waals surface area (Å²) in [6.07, 6.45) is 1.56. The number of methoxy groups -OCH3 is 1. The van der Waals surface area contributed by atoms with Gasteiger partial charge in [0.2, 0.25) is 0 Å². The number of non-ortho nitro benzene ring substituents is 1. The first-order valence-electron chi connectivity index (χ1n) is 13.5. The molecule has 0 saturated heterocycles. The average Bonchev–Trinajstić information content (AvgIpc) is 3.87. The van der Waals surface area contributed by atoms with Crippen LogP contribution in [0.3, 0.4) is 0 Å². The molecule has 0 aliphatic heterocycles. The average molecular weight is 553 g/mol. The Morgan fingerprint density at radius 2 is 1.46 bits per heavy atom. The fraction of sp³-hybridized carbons (Fsp3) is 0.242. The fourth-order valence-corrected chi connectivity index (χ4v) is 4.99. The van der Waals surface area contributed by atoms with E-state index in [0.717, 1.165) is 29.7 Å². The lowest BCUT2D eigenvalue weighted by atomic mass is 9.83. The predicted octanol–water partition coefficient (Wildman–Crippen LogP) is 6.87. The van der Waals surface area contributed by atoms with Gasteiger partial charge in [0, 0.05) is 23.7 Å². The second-order valence-corrected chi connectivity index (χ2v) is 10.1. The quantitative estimate of drug-likeness (QED) is 0.110. The number of anilines is 1. The normalized spacial score (nSPS) is 14.9. The van der Waals surface area contributed by atoms with E-state index in [4.69, 9.17) is 14.2 Å². The summed E-state index contributed by atoms with van der Waals surface area (Å²) in [5.41, 5.74) is 1.73. The molecule has 1 aliphatic rings. The van der Waals surface area contributed by atoms with E-state index in [0.29, 0.717) is 11.3 Å². The number of benzene rings is 4. The number of hydrogen-bond acceptors (Lipinski definition) is 7. The summed E-state index contributed by atoms with van der Waals surface area (Å²) in [6, 6.07) is 32.1. The van der Waals surface area contributed by atoms with Gasteiger partial charge in [0.1, 0.15) is 12.4 Å². The molecule has 0 bridgehead atoms. The van der Waals surface area contributed by atoms with Gasteiger partial charge in [-0.05, 0) is 53.8 Å². The van der Waals surface area contributed by atoms with Crippen LogP contribution in [-0.4, -0.2) is 23.6 Å². The van der Waals surface area contributed by atoms with Gasteiger partial charge in [0.05, 0.1) is 24.7 Å². The lowest BCUT2D eigenvalue weighted by Gasteiger charge is -2.40. The molecule has 1 fully saturated rings. The number of nitro groups is 1. The minimum absolute atomic E-state index is 0.0363. The zero-order chi connectivity index (χ0) is 28.7. The van der Waals surface area contributed by atoms with Crippen LogP contribution in [-0.2, 0) is 27.5 Å². The summed E-state index contributed by atoms with van der Waals surface area (Å²) in [5, 5.41) is 14.9. The van der Waals surface area contributed by atoms with Crippen LogP contribution in [0, 0.1) is 16.0 Å². The molecule has 0 heterocycles. The Morgan fingerprint density at radius 3 is 2.00 bits per heavy atom. The fourth-order valence-electron chi connectivity index (χ4n) is 4.99. The molecular formula is C33H32N2O6. The molecule has 0 amide bonds. The highest BCUT2D eigenvalue weighted by atomic mass is 16.6. The van der Waals surface area contributed by atoms with E-state index in [1.54, 1.807) is 19.2 Å². The Labute approximate surface area is 239 Å². The Balaban J connectivity index is 1.57. The van der Waals surface area contributed by atoms with Gasteiger partial charge in [0.15, 0.2) is 5.60 Å². The summed E-state index contributed by atoms with van der Waals surface area (Å²) >= 11 is 0. The van der Waals surface area contributed by atoms with Crippen molar-refractivity contribution in [2.45, 2.75) is 37.7 Å². The molecule has 1 aliphatic carbocycles. The minimum Gasteiger partial charge on any atom is -0.497 e. The van der Waals surface area contributed by atoms with Gasteiger partial charge in [0.25, 0.3) is 5.69 Å². The third-order valence-electron chi connectivity index (χ3n) is 7.30. The Hall–Kier alpha value is -4.69. The van der Waals surface area contributed by atoms with E-state index >= 15 is 0 Å². The van der Waals surface area contributed by atoms with Gasteiger partial charge in [-0.1, -0.05) is 72.8 Å². The first-order valence-corrected chi connectivity index (χ1v) is 13.5. The number of hydrogen-bond donors (Lipinski definition) is 1. The highest BCUT2D eigenvalue weighted by Gasteiger charge is 2.59. The van der Waals surface area contributed by atoms with Gasteiger partial charge in [-0.15, -0.1) is 0 Å². The molecule has 0 spiro atoms. The maximum atomic E-state index is 14.3. The second-order valence-electron chi connectivity index (χ2n) is 10.1. The molecule has 8 heteroatoms. The number of rotatable bonds is 13. The Bertz CT molecular complexity index is 1440. The highest BCUT2D eigenvalue weighted by Crippen LogP contribution is 2.51. The smallest absolute Gasteiger partial charge is 0.341 e. The van der Waals surface area contributed by atoms with Gasteiger partial charge in [-0.3, -0.25) is 10.1 Å². The topological polar surface area (TPSA) is 99.9 Å². The maximum Gasteiger partial charge on any atom is 0.341 e. The van der Waals surface area contributed by atoms with E-state index in [9.17, 15) is 14.9 Å². The molecule has 1 N–H and O–H groups in total. The number of carbonyl (C=O) groups excluding carboxylic acids is 1. The summed E-state index contributed by atoms with van der Waals surface area (Å²) in [5.74, 6) is 0.0862. The number of nitrogens with zero attached hydrogens (tertiary/aromatic N) is 1. The molecular weight excluding hydrogens is 520 g/mol. The Morgan fingerprint density at radius 1 is 0.878 bits per heavy atom. The lowest BCUT2D eigenvalue weighted by molar-refractivity contribution is -0.384. The predicted molar refractivity (Wildman–Crippen MR) is 155 cm³/mol. The summed E-state index contributed by atoms with van der Waals surface area (Å²) in [7, 11) is 1.60. The van der Waals surface area contributed by atoms with Crippen LogP contribution in [0.1, 0.15) is 35.6 Å². The van der Waals surface area contributed by atoms with Crippen molar-refractivity contribution in [1.82, 2.24) is 0 Å². The van der Waals surface area contributed by atoms with Crippen LogP contribution < -0.4 is 10.1 Å². The number of esters is 1. The van der Waals surface area contributed by atoms with Crippen LogP contribution in [0.25, 0.3) is 0 Å². The van der Waals surface area contributed by atoms with Gasteiger partial charge in [-0.2, -0.15) is 0 Å². The number of nitro benzene ring substituents is 1. The first-order chi connectivity index (χ1) is 20.0. The van der Waals surface area contributed by atoms with Gasteiger partial charge >= 0.3 is 5.97 Å². The number of ether oxygens (including phenoxy) is 3. The van der Waals surface area contributed by atoms with Crippen molar-refractivity contribution < 1.29 is 23.9 Å². The number of carbonyl (C=O) groups is 1. The monoisotopic (exact) mass is 552 g/mol. The zero-order valence-electron chi connectivity index (χ0n) is 22.8. The molecule has 4 aromatic carbocycles. The van der Waals surface area contributed by atoms with Crippen molar-refractivity contribution in [1.29, 1.82) is 0 Å². The standard InChI is InChI=1S/C33H32N2O6/c1-39-30-20-16-28(17-21-30)34-31(26-12-18-29(19-13-26)35(37)38)33(27-14-15-27,41-23-25-10-6-3-7-11-25)32(36)40-22-24-8-4-2-5-9-24/h2-13,16-21,27,31,34H,14-15,22-23H2,1H3/t31-,33+/m0/s1. The highest BCUT2D eigenvalue weighted by molar-refractivity contribution is 5.83. The number of nitrogens with one attached hydrogen (secondary N) is 1. The maximum absolute atomic E-state index is 14.3. The van der Waals surface area contributed by atoms with Crippen LogP contribution in [0.4, 0.5) is 11.4 Å². The molecule has 2 atom stereocenters. The summed E-state index contributed by atoms with van der Waals surface area (Å²) in [6.45, 7) is 0.282.